The molecule has 0 atom stereocenters. The first-order valence-electron chi connectivity index (χ1n) is 6.33. The van der Waals surface area contributed by atoms with Gasteiger partial charge >= 0.3 is 6.03 Å². The van der Waals surface area contributed by atoms with Crippen molar-refractivity contribution in [3.05, 3.63) is 23.2 Å². The summed E-state index contributed by atoms with van der Waals surface area (Å²) in [6.07, 6.45) is 2.08. The van der Waals surface area contributed by atoms with E-state index in [4.69, 9.17) is 9.52 Å². The van der Waals surface area contributed by atoms with Gasteiger partial charge in [-0.3, -0.25) is 0 Å². The summed E-state index contributed by atoms with van der Waals surface area (Å²) in [4.78, 5) is 13.7. The monoisotopic (exact) mass is 252 g/mol. The maximum Gasteiger partial charge on any atom is 0.317 e. The van der Waals surface area contributed by atoms with Gasteiger partial charge in [-0.25, -0.2) is 4.79 Å². The lowest BCUT2D eigenvalue weighted by Gasteiger charge is -2.21. The Kier molecular flexibility index (Phi) is 3.91. The van der Waals surface area contributed by atoms with Crippen molar-refractivity contribution >= 4 is 6.03 Å². The highest BCUT2D eigenvalue weighted by molar-refractivity contribution is 5.74. The molecule has 1 aliphatic carbocycles. The molecular weight excluding hydrogens is 232 g/mol. The molecule has 0 unspecified atom stereocenters. The maximum atomic E-state index is 12.0. The number of nitrogens with zero attached hydrogens (tertiary/aromatic N) is 1. The number of aliphatic hydroxyl groups excluding tert-OH is 1. The van der Waals surface area contributed by atoms with Gasteiger partial charge in [-0.15, -0.1) is 0 Å². The molecule has 100 valence electrons. The first-order chi connectivity index (χ1) is 8.61. The number of nitrogens with one attached hydrogen (secondary N) is 1. The van der Waals surface area contributed by atoms with Crippen LogP contribution in [0, 0.1) is 13.8 Å². The molecule has 1 aromatic rings. The minimum Gasteiger partial charge on any atom is -0.466 e. The summed E-state index contributed by atoms with van der Waals surface area (Å²) in [5.74, 6) is 1.69. The molecule has 1 aromatic heterocycles. The zero-order chi connectivity index (χ0) is 13.1. The van der Waals surface area contributed by atoms with Crippen LogP contribution in [0.25, 0.3) is 0 Å². The third-order valence-electron chi connectivity index (χ3n) is 3.16. The maximum absolute atomic E-state index is 12.0. The lowest BCUT2D eigenvalue weighted by molar-refractivity contribution is 0.173. The van der Waals surface area contributed by atoms with Crippen LogP contribution in [0.1, 0.15) is 29.9 Å². The summed E-state index contributed by atoms with van der Waals surface area (Å²) >= 11 is 0. The fraction of sp³-hybridized carbons (Fsp3) is 0.615. The third-order valence-corrected chi connectivity index (χ3v) is 3.16. The highest BCUT2D eigenvalue weighted by Gasteiger charge is 2.31. The van der Waals surface area contributed by atoms with E-state index in [1.807, 2.05) is 19.9 Å². The van der Waals surface area contributed by atoms with Gasteiger partial charge in [0.1, 0.15) is 11.5 Å². The molecule has 1 heterocycles. The lowest BCUT2D eigenvalue weighted by atomic mass is 10.2. The molecule has 1 aliphatic rings. The Morgan fingerprint density at radius 1 is 1.56 bits per heavy atom. The molecule has 0 aromatic carbocycles. The van der Waals surface area contributed by atoms with Gasteiger partial charge in [-0.1, -0.05) is 0 Å². The Morgan fingerprint density at radius 2 is 2.28 bits per heavy atom. The molecule has 5 heteroatoms. The van der Waals surface area contributed by atoms with Crippen molar-refractivity contribution in [2.24, 2.45) is 0 Å². The van der Waals surface area contributed by atoms with E-state index < -0.39 is 0 Å². The van der Waals surface area contributed by atoms with E-state index in [0.717, 1.165) is 29.9 Å². The smallest absolute Gasteiger partial charge is 0.317 e. The fourth-order valence-electron chi connectivity index (χ4n) is 2.08. The molecule has 1 saturated carbocycles. The molecular formula is C13H20N2O3. The number of furan rings is 1. The van der Waals surface area contributed by atoms with Crippen molar-refractivity contribution < 1.29 is 14.3 Å². The average Bonchev–Trinajstić information content (AvgIpc) is 3.10. The topological polar surface area (TPSA) is 65.7 Å². The Labute approximate surface area is 107 Å². The van der Waals surface area contributed by atoms with Crippen LogP contribution in [-0.2, 0) is 6.54 Å². The lowest BCUT2D eigenvalue weighted by Crippen LogP contribution is -2.42. The minimum absolute atomic E-state index is 0.00770. The molecule has 5 nitrogen and oxygen atoms in total. The van der Waals surface area contributed by atoms with Crippen LogP contribution in [0.3, 0.4) is 0 Å². The predicted molar refractivity (Wildman–Crippen MR) is 67.2 cm³/mol. The molecule has 1 fully saturated rings. The van der Waals surface area contributed by atoms with Crippen molar-refractivity contribution in [1.29, 1.82) is 0 Å². The number of hydrogen-bond donors (Lipinski definition) is 2. The van der Waals surface area contributed by atoms with E-state index in [1.54, 1.807) is 4.90 Å². The second kappa shape index (κ2) is 5.44. The highest BCUT2D eigenvalue weighted by Crippen LogP contribution is 2.26. The van der Waals surface area contributed by atoms with Gasteiger partial charge in [-0.05, 0) is 32.8 Å². The van der Waals surface area contributed by atoms with Gasteiger partial charge in [0.25, 0.3) is 0 Å². The number of urea groups is 1. The van der Waals surface area contributed by atoms with Crippen LogP contribution in [0.4, 0.5) is 4.79 Å². The van der Waals surface area contributed by atoms with Gasteiger partial charge < -0.3 is 19.7 Å². The number of amides is 2. The van der Waals surface area contributed by atoms with E-state index in [2.05, 4.69) is 5.32 Å². The van der Waals surface area contributed by atoms with Gasteiger partial charge in [0.05, 0.1) is 6.61 Å². The Hall–Kier alpha value is -1.49. The molecule has 2 N–H and O–H groups in total. The molecule has 0 spiro atoms. The SMILES string of the molecule is Cc1cc(CNC(=O)N(CCO)C2CC2)c(C)o1. The molecule has 0 saturated heterocycles. The second-order valence-corrected chi connectivity index (χ2v) is 4.75. The van der Waals surface area contributed by atoms with E-state index in [1.165, 1.54) is 0 Å². The molecule has 0 bridgehead atoms. The van der Waals surface area contributed by atoms with E-state index in [-0.39, 0.29) is 12.6 Å². The standard InChI is InChI=1S/C13H20N2O3/c1-9-7-11(10(2)18-9)8-14-13(17)15(5-6-16)12-3-4-12/h7,12,16H,3-6,8H2,1-2H3,(H,14,17). The van der Waals surface area contributed by atoms with Crippen molar-refractivity contribution in [2.45, 2.75) is 39.3 Å². The van der Waals surface area contributed by atoms with Crippen LogP contribution in [-0.4, -0.2) is 35.2 Å². The summed E-state index contributed by atoms with van der Waals surface area (Å²) in [5.41, 5.74) is 1.00. The van der Waals surface area contributed by atoms with Crippen molar-refractivity contribution in [3.8, 4) is 0 Å². The van der Waals surface area contributed by atoms with Crippen molar-refractivity contribution in [1.82, 2.24) is 10.2 Å². The van der Waals surface area contributed by atoms with Crippen LogP contribution < -0.4 is 5.32 Å². The Bertz CT molecular complexity index is 424. The Morgan fingerprint density at radius 3 is 2.78 bits per heavy atom. The molecule has 2 amide bonds. The largest absolute Gasteiger partial charge is 0.466 e. The van der Waals surface area contributed by atoms with Gasteiger partial charge in [0.2, 0.25) is 0 Å². The van der Waals surface area contributed by atoms with E-state index in [0.29, 0.717) is 19.1 Å². The summed E-state index contributed by atoms with van der Waals surface area (Å²) < 4.78 is 5.41. The quantitative estimate of drug-likeness (QED) is 0.835. The third kappa shape index (κ3) is 3.04. The van der Waals surface area contributed by atoms with Crippen LogP contribution >= 0.6 is 0 Å². The molecule has 0 radical (unpaired) electrons. The van der Waals surface area contributed by atoms with Crippen LogP contribution in [0.2, 0.25) is 0 Å². The zero-order valence-electron chi connectivity index (χ0n) is 10.9. The normalized spacial score (nSPS) is 14.6. The number of hydrogen-bond acceptors (Lipinski definition) is 3. The van der Waals surface area contributed by atoms with E-state index in [9.17, 15) is 4.79 Å². The molecule has 18 heavy (non-hydrogen) atoms. The second-order valence-electron chi connectivity index (χ2n) is 4.75. The summed E-state index contributed by atoms with van der Waals surface area (Å²) in [6.45, 7) is 4.66. The summed E-state index contributed by atoms with van der Waals surface area (Å²) in [7, 11) is 0. The first-order valence-corrected chi connectivity index (χ1v) is 6.33. The van der Waals surface area contributed by atoms with Crippen LogP contribution in [0.5, 0.6) is 0 Å². The zero-order valence-corrected chi connectivity index (χ0v) is 10.9. The predicted octanol–water partition coefficient (Wildman–Crippen LogP) is 1.56. The van der Waals surface area contributed by atoms with Crippen molar-refractivity contribution in [3.63, 3.8) is 0 Å². The van der Waals surface area contributed by atoms with Gasteiger partial charge in [0, 0.05) is 24.7 Å². The van der Waals surface area contributed by atoms with Gasteiger partial charge in [-0.2, -0.15) is 0 Å². The fourth-order valence-corrected chi connectivity index (χ4v) is 2.08. The molecule has 0 aliphatic heterocycles. The number of carbonyl (C=O) groups excluding carboxylic acids is 1. The number of aliphatic hydroxyl groups is 1. The van der Waals surface area contributed by atoms with Gasteiger partial charge in [0.15, 0.2) is 0 Å². The minimum atomic E-state index is -0.107. The summed E-state index contributed by atoms with van der Waals surface area (Å²) in [5, 5.41) is 11.8. The highest BCUT2D eigenvalue weighted by atomic mass is 16.3. The number of aryl methyl sites for hydroxylation is 2. The average molecular weight is 252 g/mol. The molecule has 2 rings (SSSR count). The number of rotatable bonds is 5. The Balaban J connectivity index is 1.88. The van der Waals surface area contributed by atoms with Crippen molar-refractivity contribution in [2.75, 3.05) is 13.2 Å². The summed E-state index contributed by atoms with van der Waals surface area (Å²) in [6, 6.07) is 2.14. The van der Waals surface area contributed by atoms with Crippen LogP contribution in [0.15, 0.2) is 10.5 Å². The van der Waals surface area contributed by atoms with E-state index >= 15 is 0 Å². The number of carbonyl (C=O) groups is 1. The first kappa shape index (κ1) is 13.0.